The van der Waals surface area contributed by atoms with Crippen LogP contribution in [0.5, 0.6) is 5.75 Å². The Morgan fingerprint density at radius 2 is 1.79 bits per heavy atom. The van der Waals surface area contributed by atoms with Crippen molar-refractivity contribution in [3.05, 3.63) is 58.7 Å². The summed E-state index contributed by atoms with van der Waals surface area (Å²) in [5, 5.41) is 18.3. The minimum atomic E-state index is -4.57. The molecule has 0 saturated heterocycles. The summed E-state index contributed by atoms with van der Waals surface area (Å²) in [6, 6.07) is 10.2. The highest BCUT2D eigenvalue weighted by molar-refractivity contribution is 5.56. The van der Waals surface area contributed by atoms with Crippen LogP contribution in [0, 0.1) is 12.8 Å². The van der Waals surface area contributed by atoms with Crippen molar-refractivity contribution < 1.29 is 28.1 Å². The monoisotopic (exact) mass is 411 g/mol. The highest BCUT2D eigenvalue weighted by Gasteiger charge is 2.35. The molecule has 0 heterocycles. The molecule has 29 heavy (non-hydrogen) atoms. The van der Waals surface area contributed by atoms with Gasteiger partial charge in [-0.05, 0) is 49.8 Å². The molecule has 0 aliphatic rings. The van der Waals surface area contributed by atoms with E-state index in [4.69, 9.17) is 20.7 Å². The number of rotatable bonds is 10. The molecular weight excluding hydrogens is 383 g/mol. The fourth-order valence-corrected chi connectivity index (χ4v) is 3.12. The molecule has 7 heteroatoms. The van der Waals surface area contributed by atoms with Gasteiger partial charge in [0.2, 0.25) is 0 Å². The Bertz CT molecular complexity index is 789. The summed E-state index contributed by atoms with van der Waals surface area (Å²) in [5.74, 6) is -0.662. The summed E-state index contributed by atoms with van der Waals surface area (Å²) in [7, 11) is 0. The Hall–Kier alpha value is -2.25. The van der Waals surface area contributed by atoms with Crippen LogP contribution in [-0.2, 0) is 19.0 Å². The van der Waals surface area contributed by atoms with Crippen molar-refractivity contribution in [3.63, 3.8) is 0 Å². The van der Waals surface area contributed by atoms with E-state index in [1.807, 2.05) is 31.2 Å². The third-order valence-electron chi connectivity index (χ3n) is 4.83. The molecule has 160 valence electrons. The van der Waals surface area contributed by atoms with Crippen molar-refractivity contribution in [2.24, 2.45) is 5.92 Å². The molecule has 4 N–H and O–H groups in total. The number of nitrogen functional groups attached to an aromatic ring is 1. The number of benzene rings is 2. The molecule has 0 fully saturated rings. The molecule has 0 spiro atoms. The van der Waals surface area contributed by atoms with E-state index in [1.165, 1.54) is 6.07 Å². The Morgan fingerprint density at radius 1 is 1.07 bits per heavy atom. The van der Waals surface area contributed by atoms with Crippen LogP contribution >= 0.6 is 0 Å². The summed E-state index contributed by atoms with van der Waals surface area (Å²) in [4.78, 5) is 0. The molecule has 2 rings (SSSR count). The van der Waals surface area contributed by atoms with Gasteiger partial charge >= 0.3 is 6.18 Å². The summed E-state index contributed by atoms with van der Waals surface area (Å²) in [5.41, 5.74) is 7.87. The van der Waals surface area contributed by atoms with Gasteiger partial charge in [0, 0.05) is 30.9 Å². The molecule has 0 aliphatic heterocycles. The highest BCUT2D eigenvalue weighted by atomic mass is 19.4. The zero-order valence-corrected chi connectivity index (χ0v) is 16.5. The molecule has 0 aliphatic carbocycles. The summed E-state index contributed by atoms with van der Waals surface area (Å²) < 4.78 is 46.0. The van der Waals surface area contributed by atoms with Crippen molar-refractivity contribution >= 4 is 5.69 Å². The van der Waals surface area contributed by atoms with Crippen molar-refractivity contribution in [2.45, 2.75) is 38.8 Å². The van der Waals surface area contributed by atoms with Gasteiger partial charge < -0.3 is 20.7 Å². The van der Waals surface area contributed by atoms with Gasteiger partial charge in [-0.25, -0.2) is 0 Å². The number of halogens is 3. The molecule has 0 saturated carbocycles. The number of nitrogens with two attached hydrogens (primary N) is 1. The van der Waals surface area contributed by atoms with E-state index in [-0.39, 0.29) is 43.6 Å². The Morgan fingerprint density at radius 3 is 2.41 bits per heavy atom. The van der Waals surface area contributed by atoms with Crippen LogP contribution in [0.3, 0.4) is 0 Å². The van der Waals surface area contributed by atoms with Crippen LogP contribution in [0.1, 0.15) is 35.1 Å². The maximum atomic E-state index is 13.5. The van der Waals surface area contributed by atoms with E-state index in [0.717, 1.165) is 17.2 Å². The van der Waals surface area contributed by atoms with E-state index < -0.39 is 11.7 Å². The van der Waals surface area contributed by atoms with Crippen molar-refractivity contribution in [1.82, 2.24) is 0 Å². The fraction of sp³-hybridized carbons (Fsp3) is 0.455. The normalized spacial score (nSPS) is 11.8. The Balaban J connectivity index is 2.06. The highest BCUT2D eigenvalue weighted by Crippen LogP contribution is 2.39. The SMILES string of the molecule is Cc1cccc(CCCOc2cc(N)c(CCC(CO)CO)cc2C(F)(F)F)c1. The van der Waals surface area contributed by atoms with Crippen LogP contribution in [0.25, 0.3) is 0 Å². The number of aliphatic hydroxyl groups excluding tert-OH is 2. The van der Waals surface area contributed by atoms with Gasteiger partial charge in [-0.2, -0.15) is 13.2 Å². The summed E-state index contributed by atoms with van der Waals surface area (Å²) in [6.07, 6.45) is -2.71. The zero-order valence-electron chi connectivity index (χ0n) is 16.5. The third-order valence-corrected chi connectivity index (χ3v) is 4.83. The van der Waals surface area contributed by atoms with Crippen LogP contribution < -0.4 is 10.5 Å². The number of alkyl halides is 3. The third kappa shape index (κ3) is 6.94. The van der Waals surface area contributed by atoms with Gasteiger partial charge in [0.25, 0.3) is 0 Å². The lowest BCUT2D eigenvalue weighted by Crippen LogP contribution is -2.14. The number of anilines is 1. The number of aryl methyl sites for hydroxylation is 3. The predicted octanol–water partition coefficient (Wildman–Crippen LogP) is 4.14. The Labute approximate surface area is 169 Å². The number of aliphatic hydroxyl groups is 2. The van der Waals surface area contributed by atoms with E-state index >= 15 is 0 Å². The summed E-state index contributed by atoms with van der Waals surface area (Å²) in [6.45, 7) is 1.67. The number of hydrogen-bond acceptors (Lipinski definition) is 4. The van der Waals surface area contributed by atoms with Crippen molar-refractivity contribution in [1.29, 1.82) is 0 Å². The first-order valence-corrected chi connectivity index (χ1v) is 9.64. The summed E-state index contributed by atoms with van der Waals surface area (Å²) >= 11 is 0. The molecule has 0 unspecified atom stereocenters. The standard InChI is InChI=1S/C22H28F3NO3/c1-15-4-2-5-16(10-15)6-3-9-29-21-12-20(26)18(8-7-17(13-27)14-28)11-19(21)22(23,24)25/h2,4-5,10-12,17,27-28H,3,6-9,13-14,26H2,1H3. The van der Waals surface area contributed by atoms with Crippen LogP contribution in [-0.4, -0.2) is 30.0 Å². The number of hydrogen-bond donors (Lipinski definition) is 3. The lowest BCUT2D eigenvalue weighted by molar-refractivity contribution is -0.139. The van der Waals surface area contributed by atoms with Crippen LogP contribution in [0.15, 0.2) is 36.4 Å². The quantitative estimate of drug-likeness (QED) is 0.406. The van der Waals surface area contributed by atoms with E-state index in [1.54, 1.807) is 0 Å². The number of ether oxygens (including phenoxy) is 1. The van der Waals surface area contributed by atoms with Crippen molar-refractivity contribution in [2.75, 3.05) is 25.6 Å². The molecule has 0 amide bonds. The maximum absolute atomic E-state index is 13.5. The molecule has 2 aromatic carbocycles. The van der Waals surface area contributed by atoms with E-state index in [0.29, 0.717) is 24.8 Å². The second kappa shape index (κ2) is 10.5. The fourth-order valence-electron chi connectivity index (χ4n) is 3.12. The van der Waals surface area contributed by atoms with Gasteiger partial charge in [0.15, 0.2) is 0 Å². The molecule has 0 aromatic heterocycles. The first-order valence-electron chi connectivity index (χ1n) is 9.64. The average molecular weight is 411 g/mol. The smallest absolute Gasteiger partial charge is 0.419 e. The van der Waals surface area contributed by atoms with E-state index in [2.05, 4.69) is 0 Å². The lowest BCUT2D eigenvalue weighted by Gasteiger charge is -2.18. The molecule has 0 bridgehead atoms. The van der Waals surface area contributed by atoms with Gasteiger partial charge in [0.05, 0.1) is 12.2 Å². The minimum absolute atomic E-state index is 0.146. The van der Waals surface area contributed by atoms with Crippen LogP contribution in [0.4, 0.5) is 18.9 Å². The maximum Gasteiger partial charge on any atom is 0.419 e. The molecule has 0 radical (unpaired) electrons. The second-order valence-corrected chi connectivity index (χ2v) is 7.26. The lowest BCUT2D eigenvalue weighted by atomic mass is 9.97. The van der Waals surface area contributed by atoms with Gasteiger partial charge in [-0.3, -0.25) is 0 Å². The molecule has 0 atom stereocenters. The molecule has 2 aromatic rings. The first kappa shape index (κ1) is 23.0. The predicted molar refractivity (Wildman–Crippen MR) is 107 cm³/mol. The largest absolute Gasteiger partial charge is 0.493 e. The molecular formula is C22H28F3NO3. The van der Waals surface area contributed by atoms with Gasteiger partial charge in [-0.1, -0.05) is 29.8 Å². The van der Waals surface area contributed by atoms with Gasteiger partial charge in [0.1, 0.15) is 5.75 Å². The van der Waals surface area contributed by atoms with Crippen LogP contribution in [0.2, 0.25) is 0 Å². The minimum Gasteiger partial charge on any atom is -0.493 e. The molecule has 4 nitrogen and oxygen atoms in total. The van der Waals surface area contributed by atoms with Crippen molar-refractivity contribution in [3.8, 4) is 5.75 Å². The zero-order chi connectivity index (χ0) is 21.4. The Kier molecular flexibility index (Phi) is 8.34. The van der Waals surface area contributed by atoms with E-state index in [9.17, 15) is 13.2 Å². The average Bonchev–Trinajstić information content (AvgIpc) is 2.66. The van der Waals surface area contributed by atoms with Gasteiger partial charge in [-0.15, -0.1) is 0 Å². The second-order valence-electron chi connectivity index (χ2n) is 7.26. The topological polar surface area (TPSA) is 75.7 Å². The first-order chi connectivity index (χ1) is 13.7.